The van der Waals surface area contributed by atoms with Crippen molar-refractivity contribution in [1.82, 2.24) is 5.32 Å². The van der Waals surface area contributed by atoms with E-state index in [1.165, 1.54) is 25.3 Å². The van der Waals surface area contributed by atoms with Gasteiger partial charge in [0.15, 0.2) is 5.92 Å². The summed E-state index contributed by atoms with van der Waals surface area (Å²) in [5.41, 5.74) is 0.0477. The maximum absolute atomic E-state index is 12.8. The highest BCUT2D eigenvalue weighted by Gasteiger charge is 2.60. The lowest BCUT2D eigenvalue weighted by Crippen LogP contribution is -2.45. The molecule has 0 aromatic carbocycles. The molecule has 0 aliphatic heterocycles. The van der Waals surface area contributed by atoms with Gasteiger partial charge in [-0.1, -0.05) is 6.92 Å². The molecule has 19 heavy (non-hydrogen) atoms. The lowest BCUT2D eigenvalue weighted by atomic mass is 9.92. The molecule has 1 aromatic heterocycles. The van der Waals surface area contributed by atoms with Crippen LogP contribution in [0.25, 0.3) is 0 Å². The van der Waals surface area contributed by atoms with Crippen molar-refractivity contribution in [2.24, 2.45) is 5.92 Å². The Labute approximate surface area is 110 Å². The number of rotatable bonds is 4. The average Bonchev–Trinajstić information content (AvgIpc) is 2.59. The number of hydrogen-bond donors (Lipinski definition) is 1. The summed E-state index contributed by atoms with van der Waals surface area (Å²) < 4.78 is 76.5. The molecule has 0 radical (unpaired) electrons. The molecule has 0 fully saturated rings. The summed E-state index contributed by atoms with van der Waals surface area (Å²) in [6.45, 7) is 3.00. The van der Waals surface area contributed by atoms with Crippen molar-refractivity contribution >= 4 is 11.3 Å². The highest BCUT2D eigenvalue weighted by atomic mass is 32.1. The number of aryl methyl sites for hydroxylation is 1. The third kappa shape index (κ3) is 3.85. The van der Waals surface area contributed by atoms with E-state index in [1.54, 1.807) is 0 Å². The molecule has 8 heteroatoms. The molecule has 1 atom stereocenters. The minimum absolute atomic E-state index is 0.0165. The van der Waals surface area contributed by atoms with Gasteiger partial charge in [0, 0.05) is 4.88 Å². The molecule has 0 bridgehead atoms. The first-order chi connectivity index (χ1) is 8.59. The van der Waals surface area contributed by atoms with E-state index in [0.29, 0.717) is 4.88 Å². The summed E-state index contributed by atoms with van der Waals surface area (Å²) in [7, 11) is 0. The van der Waals surface area contributed by atoms with Crippen LogP contribution in [-0.4, -0.2) is 18.9 Å². The summed E-state index contributed by atoms with van der Waals surface area (Å²) in [5, 5.41) is 3.79. The van der Waals surface area contributed by atoms with Crippen LogP contribution in [-0.2, 0) is 0 Å². The normalized spacial score (nSPS) is 15.0. The van der Waals surface area contributed by atoms with Gasteiger partial charge >= 0.3 is 12.4 Å². The van der Waals surface area contributed by atoms with Crippen molar-refractivity contribution in [3.05, 3.63) is 21.9 Å². The van der Waals surface area contributed by atoms with Gasteiger partial charge in [0.1, 0.15) is 0 Å². The van der Waals surface area contributed by atoms with Gasteiger partial charge in [-0.3, -0.25) is 0 Å². The van der Waals surface area contributed by atoms with Gasteiger partial charge in [0.2, 0.25) is 0 Å². The third-order valence-corrected chi connectivity index (χ3v) is 3.56. The molecule has 110 valence electrons. The first kappa shape index (κ1) is 16.3. The first-order valence-electron chi connectivity index (χ1n) is 5.49. The number of hydrogen-bond acceptors (Lipinski definition) is 2. The van der Waals surface area contributed by atoms with Crippen LogP contribution in [0.3, 0.4) is 0 Å². The van der Waals surface area contributed by atoms with E-state index >= 15 is 0 Å². The van der Waals surface area contributed by atoms with Crippen LogP contribution in [0.5, 0.6) is 0 Å². The predicted molar refractivity (Wildman–Crippen MR) is 61.1 cm³/mol. The molecule has 0 aliphatic rings. The van der Waals surface area contributed by atoms with Crippen molar-refractivity contribution < 1.29 is 26.3 Å². The van der Waals surface area contributed by atoms with Crippen molar-refractivity contribution in [2.75, 3.05) is 6.54 Å². The van der Waals surface area contributed by atoms with Crippen LogP contribution in [0.1, 0.15) is 23.4 Å². The van der Waals surface area contributed by atoms with Gasteiger partial charge in [0.25, 0.3) is 0 Å². The van der Waals surface area contributed by atoms with Crippen LogP contribution in [0.4, 0.5) is 26.3 Å². The number of halogens is 6. The lowest BCUT2D eigenvalue weighted by Gasteiger charge is -2.31. The molecule has 1 rings (SSSR count). The van der Waals surface area contributed by atoms with Crippen LogP contribution in [0.2, 0.25) is 0 Å². The van der Waals surface area contributed by atoms with Crippen molar-refractivity contribution in [3.63, 3.8) is 0 Å². The van der Waals surface area contributed by atoms with E-state index < -0.39 is 24.3 Å². The highest BCUT2D eigenvalue weighted by Crippen LogP contribution is 2.47. The Morgan fingerprint density at radius 2 is 1.68 bits per heavy atom. The maximum Gasteiger partial charge on any atom is 0.402 e. The van der Waals surface area contributed by atoms with Gasteiger partial charge in [0.05, 0.1) is 6.04 Å². The van der Waals surface area contributed by atoms with Gasteiger partial charge in [-0.2, -0.15) is 26.3 Å². The Morgan fingerprint density at radius 1 is 1.16 bits per heavy atom. The molecule has 0 amide bonds. The van der Waals surface area contributed by atoms with E-state index in [-0.39, 0.29) is 12.1 Å². The van der Waals surface area contributed by atoms with E-state index in [2.05, 4.69) is 5.32 Å². The number of thiophene rings is 1. The van der Waals surface area contributed by atoms with Gasteiger partial charge in [-0.05, 0) is 30.5 Å². The van der Waals surface area contributed by atoms with E-state index in [0.717, 1.165) is 11.3 Å². The Bertz CT molecular complexity index is 394. The SMILES string of the molecule is CCNC(c1ccsc1C)C(C(F)(F)F)C(F)(F)F. The lowest BCUT2D eigenvalue weighted by molar-refractivity contribution is -0.292. The molecule has 0 spiro atoms. The molecule has 1 heterocycles. The Morgan fingerprint density at radius 3 is 2.00 bits per heavy atom. The molecule has 1 unspecified atom stereocenters. The zero-order chi connectivity index (χ0) is 14.8. The summed E-state index contributed by atoms with van der Waals surface area (Å²) in [5.74, 6) is -3.41. The second-order valence-electron chi connectivity index (χ2n) is 4.03. The zero-order valence-electron chi connectivity index (χ0n) is 10.2. The van der Waals surface area contributed by atoms with Crippen molar-refractivity contribution in [2.45, 2.75) is 32.2 Å². The quantitative estimate of drug-likeness (QED) is 0.811. The van der Waals surface area contributed by atoms with Crippen LogP contribution in [0, 0.1) is 12.8 Å². The third-order valence-electron chi connectivity index (χ3n) is 2.70. The molecule has 0 saturated carbocycles. The minimum Gasteiger partial charge on any atom is -0.309 e. The second-order valence-corrected chi connectivity index (χ2v) is 5.15. The molecular weight excluding hydrogens is 292 g/mol. The molecule has 0 saturated heterocycles. The standard InChI is InChI=1S/C11H13F6NS/c1-3-18-8(7-4-5-19-6(7)2)9(10(12,13)14)11(15,16)17/h4-5,8-9,18H,3H2,1-2H3. The number of alkyl halides is 6. The van der Waals surface area contributed by atoms with E-state index in [1.807, 2.05) is 0 Å². The van der Waals surface area contributed by atoms with Gasteiger partial charge in [-0.25, -0.2) is 0 Å². The molecule has 0 aliphatic carbocycles. The molecular formula is C11H13F6NS. The van der Waals surface area contributed by atoms with Gasteiger partial charge < -0.3 is 5.32 Å². The Balaban J connectivity index is 3.25. The largest absolute Gasteiger partial charge is 0.402 e. The predicted octanol–water partition coefficient (Wildman–Crippen LogP) is 4.45. The van der Waals surface area contributed by atoms with Crippen LogP contribution < -0.4 is 5.32 Å². The van der Waals surface area contributed by atoms with Crippen LogP contribution >= 0.6 is 11.3 Å². The first-order valence-corrected chi connectivity index (χ1v) is 6.37. The van der Waals surface area contributed by atoms with E-state index in [9.17, 15) is 26.3 Å². The molecule has 1 N–H and O–H groups in total. The summed E-state index contributed by atoms with van der Waals surface area (Å²) in [6.07, 6.45) is -10.7. The van der Waals surface area contributed by atoms with Crippen LogP contribution in [0.15, 0.2) is 11.4 Å². The molecule has 1 nitrogen and oxygen atoms in total. The van der Waals surface area contributed by atoms with Crippen molar-refractivity contribution in [1.29, 1.82) is 0 Å². The summed E-state index contributed by atoms with van der Waals surface area (Å²) in [4.78, 5) is 0.449. The number of nitrogens with one attached hydrogen (secondary N) is 1. The average molecular weight is 305 g/mol. The zero-order valence-corrected chi connectivity index (χ0v) is 11.0. The fraction of sp³-hybridized carbons (Fsp3) is 0.636. The highest BCUT2D eigenvalue weighted by molar-refractivity contribution is 7.10. The fourth-order valence-corrected chi connectivity index (χ4v) is 2.66. The summed E-state index contributed by atoms with van der Waals surface area (Å²) >= 11 is 1.12. The maximum atomic E-state index is 12.8. The molecule has 1 aromatic rings. The fourth-order valence-electron chi connectivity index (χ4n) is 1.91. The van der Waals surface area contributed by atoms with Gasteiger partial charge in [-0.15, -0.1) is 11.3 Å². The minimum atomic E-state index is -5.35. The smallest absolute Gasteiger partial charge is 0.309 e. The summed E-state index contributed by atoms with van der Waals surface area (Å²) in [6, 6.07) is -0.506. The monoisotopic (exact) mass is 305 g/mol. The van der Waals surface area contributed by atoms with E-state index in [4.69, 9.17) is 0 Å². The topological polar surface area (TPSA) is 12.0 Å². The van der Waals surface area contributed by atoms with Crippen molar-refractivity contribution in [3.8, 4) is 0 Å². The Kier molecular flexibility index (Phi) is 4.89. The second kappa shape index (κ2) is 5.70. The Hall–Kier alpha value is -0.760.